The number of halogens is 2. The van der Waals surface area contributed by atoms with Crippen LogP contribution in [0.15, 0.2) is 36.4 Å². The summed E-state index contributed by atoms with van der Waals surface area (Å²) in [6.07, 6.45) is -0.0307. The molecule has 132 valence electrons. The third-order valence-corrected chi connectivity index (χ3v) is 4.32. The van der Waals surface area contributed by atoms with Gasteiger partial charge in [0.2, 0.25) is 0 Å². The predicted molar refractivity (Wildman–Crippen MR) is 92.0 cm³/mol. The molecular formula is C20H21F2NO2. The monoisotopic (exact) mass is 345 g/mol. The van der Waals surface area contributed by atoms with Crippen LogP contribution < -0.4 is 10.1 Å². The zero-order chi connectivity index (χ0) is 18.2. The van der Waals surface area contributed by atoms with Crippen LogP contribution >= 0.6 is 0 Å². The summed E-state index contributed by atoms with van der Waals surface area (Å²) in [7, 11) is 0. The van der Waals surface area contributed by atoms with Crippen LogP contribution in [0.1, 0.15) is 42.3 Å². The van der Waals surface area contributed by atoms with Crippen molar-refractivity contribution in [1.82, 2.24) is 5.32 Å². The molecule has 5 heteroatoms. The van der Waals surface area contributed by atoms with Crippen LogP contribution in [0.2, 0.25) is 0 Å². The Bertz CT molecular complexity index is 795. The molecule has 3 nitrogen and oxygen atoms in total. The van der Waals surface area contributed by atoms with E-state index >= 15 is 0 Å². The molecule has 1 aliphatic rings. The maximum Gasteiger partial charge on any atom is 0.251 e. The fourth-order valence-electron chi connectivity index (χ4n) is 2.89. The Balaban J connectivity index is 1.59. The average Bonchev–Trinajstić information content (AvgIpc) is 2.95. The topological polar surface area (TPSA) is 38.3 Å². The lowest BCUT2D eigenvalue weighted by Crippen LogP contribution is -2.34. The van der Waals surface area contributed by atoms with E-state index in [4.69, 9.17) is 4.74 Å². The molecule has 0 radical (unpaired) electrons. The summed E-state index contributed by atoms with van der Waals surface area (Å²) in [4.78, 5) is 12.3. The van der Waals surface area contributed by atoms with E-state index < -0.39 is 17.7 Å². The largest absolute Gasteiger partial charge is 0.485 e. The molecule has 1 atom stereocenters. The molecular weight excluding hydrogens is 324 g/mol. The van der Waals surface area contributed by atoms with Crippen molar-refractivity contribution in [1.29, 1.82) is 0 Å². The zero-order valence-electron chi connectivity index (χ0n) is 14.5. The molecule has 1 N–H and O–H groups in total. The molecule has 1 amide bonds. The molecule has 1 aliphatic heterocycles. The summed E-state index contributed by atoms with van der Waals surface area (Å²) < 4.78 is 32.4. The molecule has 2 aromatic rings. The lowest BCUT2D eigenvalue weighted by Gasteiger charge is -2.19. The molecule has 0 saturated carbocycles. The van der Waals surface area contributed by atoms with Crippen LogP contribution in [0.25, 0.3) is 0 Å². The van der Waals surface area contributed by atoms with E-state index in [0.29, 0.717) is 17.5 Å². The third kappa shape index (κ3) is 3.81. The van der Waals surface area contributed by atoms with Crippen molar-refractivity contribution in [3.63, 3.8) is 0 Å². The Morgan fingerprint density at radius 2 is 1.88 bits per heavy atom. The minimum Gasteiger partial charge on any atom is -0.485 e. The first-order valence-corrected chi connectivity index (χ1v) is 8.27. The number of benzene rings is 2. The number of hydrogen-bond donors (Lipinski definition) is 1. The van der Waals surface area contributed by atoms with E-state index in [1.54, 1.807) is 12.1 Å². The zero-order valence-corrected chi connectivity index (χ0v) is 14.5. The van der Waals surface area contributed by atoms with Gasteiger partial charge in [0.25, 0.3) is 5.91 Å². The van der Waals surface area contributed by atoms with Crippen molar-refractivity contribution in [3.05, 3.63) is 64.7 Å². The second kappa shape index (κ2) is 6.47. The minimum absolute atomic E-state index is 0.0256. The number of hydrogen-bond acceptors (Lipinski definition) is 2. The number of amides is 1. The van der Waals surface area contributed by atoms with Crippen LogP contribution in [-0.4, -0.2) is 18.6 Å². The van der Waals surface area contributed by atoms with Gasteiger partial charge in [-0.1, -0.05) is 32.9 Å². The highest BCUT2D eigenvalue weighted by Crippen LogP contribution is 2.32. The van der Waals surface area contributed by atoms with E-state index in [1.165, 1.54) is 6.07 Å². The van der Waals surface area contributed by atoms with Crippen molar-refractivity contribution in [3.8, 4) is 5.75 Å². The summed E-state index contributed by atoms with van der Waals surface area (Å²) in [6, 6.07) is 9.52. The van der Waals surface area contributed by atoms with Crippen LogP contribution in [-0.2, 0) is 11.8 Å². The van der Waals surface area contributed by atoms with Gasteiger partial charge < -0.3 is 10.1 Å². The third-order valence-electron chi connectivity index (χ3n) is 4.32. The molecule has 0 saturated heterocycles. The second-order valence-corrected chi connectivity index (χ2v) is 7.36. The molecule has 25 heavy (non-hydrogen) atoms. The number of rotatable bonds is 3. The standard InChI is InChI=1S/C20H21F2NO2/c1-20(2,3)14-6-4-12(5-7-14)19(24)23-11-16-9-13-8-15(21)10-17(22)18(13)25-16/h4-8,10,16H,9,11H2,1-3H3,(H,23,24)/t16-/m0/s1. The molecule has 0 aliphatic carbocycles. The van der Waals surface area contributed by atoms with Gasteiger partial charge in [0.1, 0.15) is 11.9 Å². The SMILES string of the molecule is CC(C)(C)c1ccc(C(=O)NC[C@@H]2Cc3cc(F)cc(F)c3O2)cc1. The summed E-state index contributed by atoms with van der Waals surface area (Å²) in [5, 5.41) is 2.79. The van der Waals surface area contributed by atoms with Gasteiger partial charge in [-0.3, -0.25) is 4.79 Å². The van der Waals surface area contributed by atoms with E-state index in [-0.39, 0.29) is 23.6 Å². The van der Waals surface area contributed by atoms with Crippen molar-refractivity contribution < 1.29 is 18.3 Å². The minimum atomic E-state index is -0.707. The smallest absolute Gasteiger partial charge is 0.251 e. The maximum atomic E-state index is 13.7. The Morgan fingerprint density at radius 1 is 1.20 bits per heavy atom. The van der Waals surface area contributed by atoms with Gasteiger partial charge >= 0.3 is 0 Å². The van der Waals surface area contributed by atoms with Crippen molar-refractivity contribution in [2.24, 2.45) is 0 Å². The second-order valence-electron chi connectivity index (χ2n) is 7.36. The number of carbonyl (C=O) groups excluding carboxylic acids is 1. The van der Waals surface area contributed by atoms with Gasteiger partial charge in [-0.2, -0.15) is 0 Å². The summed E-state index contributed by atoms with van der Waals surface area (Å²) in [6.45, 7) is 6.56. The fourth-order valence-corrected chi connectivity index (χ4v) is 2.89. The first-order valence-electron chi connectivity index (χ1n) is 8.27. The van der Waals surface area contributed by atoms with Crippen LogP contribution in [0.4, 0.5) is 8.78 Å². The van der Waals surface area contributed by atoms with Gasteiger partial charge in [-0.15, -0.1) is 0 Å². The van der Waals surface area contributed by atoms with Crippen LogP contribution in [0.5, 0.6) is 5.75 Å². The molecule has 0 bridgehead atoms. The maximum absolute atomic E-state index is 13.7. The first kappa shape index (κ1) is 17.4. The van der Waals surface area contributed by atoms with Gasteiger partial charge in [-0.25, -0.2) is 8.78 Å². The van der Waals surface area contributed by atoms with Crippen LogP contribution in [0, 0.1) is 11.6 Å². The van der Waals surface area contributed by atoms with Crippen LogP contribution in [0.3, 0.4) is 0 Å². The molecule has 0 unspecified atom stereocenters. The quantitative estimate of drug-likeness (QED) is 0.913. The number of carbonyl (C=O) groups is 1. The van der Waals surface area contributed by atoms with Gasteiger partial charge in [0.05, 0.1) is 6.54 Å². The highest BCUT2D eigenvalue weighted by Gasteiger charge is 2.27. The van der Waals surface area contributed by atoms with Gasteiger partial charge in [0.15, 0.2) is 11.6 Å². The number of fused-ring (bicyclic) bond motifs is 1. The van der Waals surface area contributed by atoms with E-state index in [9.17, 15) is 13.6 Å². The molecule has 3 rings (SSSR count). The van der Waals surface area contributed by atoms with E-state index in [1.807, 2.05) is 12.1 Å². The molecule has 2 aromatic carbocycles. The number of ether oxygens (including phenoxy) is 1. The Labute approximate surface area is 146 Å². The van der Waals surface area contributed by atoms with Gasteiger partial charge in [-0.05, 0) is 29.2 Å². The highest BCUT2D eigenvalue weighted by atomic mass is 19.1. The lowest BCUT2D eigenvalue weighted by atomic mass is 9.87. The van der Waals surface area contributed by atoms with Crippen molar-refractivity contribution in [2.75, 3.05) is 6.54 Å². The van der Waals surface area contributed by atoms with Crippen molar-refractivity contribution >= 4 is 5.91 Å². The average molecular weight is 345 g/mol. The lowest BCUT2D eigenvalue weighted by molar-refractivity contribution is 0.0933. The Hall–Kier alpha value is -2.43. The first-order chi connectivity index (χ1) is 11.7. The van der Waals surface area contributed by atoms with Crippen molar-refractivity contribution in [2.45, 2.75) is 38.7 Å². The number of nitrogens with one attached hydrogen (secondary N) is 1. The van der Waals surface area contributed by atoms with Gasteiger partial charge in [0, 0.05) is 23.6 Å². The summed E-state index contributed by atoms with van der Waals surface area (Å²) in [5.41, 5.74) is 2.22. The Morgan fingerprint density at radius 3 is 2.52 bits per heavy atom. The Kier molecular flexibility index (Phi) is 4.50. The molecule has 0 spiro atoms. The normalized spacial score (nSPS) is 16.3. The summed E-state index contributed by atoms with van der Waals surface area (Å²) in [5.74, 6) is -1.47. The summed E-state index contributed by atoms with van der Waals surface area (Å²) >= 11 is 0. The molecule has 0 aromatic heterocycles. The fraction of sp³-hybridized carbons (Fsp3) is 0.350. The molecule has 1 heterocycles. The molecule has 0 fully saturated rings. The van der Waals surface area contributed by atoms with E-state index in [2.05, 4.69) is 26.1 Å². The van der Waals surface area contributed by atoms with E-state index in [0.717, 1.165) is 11.6 Å². The highest BCUT2D eigenvalue weighted by molar-refractivity contribution is 5.94. The predicted octanol–water partition coefficient (Wildman–Crippen LogP) is 4.00.